The van der Waals surface area contributed by atoms with Crippen molar-refractivity contribution in [3.8, 4) is 5.75 Å². The summed E-state index contributed by atoms with van der Waals surface area (Å²) in [6.45, 7) is 6.90. The van der Waals surface area contributed by atoms with Gasteiger partial charge in [0.15, 0.2) is 6.29 Å². The molecule has 3 heterocycles. The maximum absolute atomic E-state index is 12.1. The molecule has 3 aliphatic heterocycles. The van der Waals surface area contributed by atoms with Crippen molar-refractivity contribution in [2.45, 2.75) is 76.5 Å². The molecule has 1 aromatic carbocycles. The molecule has 5 fully saturated rings. The highest BCUT2D eigenvalue weighted by Gasteiger charge is 2.68. The van der Waals surface area contributed by atoms with E-state index in [4.69, 9.17) is 19.2 Å². The lowest BCUT2D eigenvalue weighted by Crippen LogP contribution is -2.69. The van der Waals surface area contributed by atoms with E-state index in [2.05, 4.69) is 31.3 Å². The highest BCUT2D eigenvalue weighted by atomic mass is 17.2. The number of phenols is 1. The van der Waals surface area contributed by atoms with Crippen LogP contribution in [0, 0.1) is 23.7 Å². The molecule has 8 heteroatoms. The van der Waals surface area contributed by atoms with Gasteiger partial charge in [-0.3, -0.25) is 4.79 Å². The zero-order valence-electron chi connectivity index (χ0n) is 20.7. The largest absolute Gasteiger partial charge is 0.507 e. The van der Waals surface area contributed by atoms with E-state index in [0.29, 0.717) is 23.3 Å². The van der Waals surface area contributed by atoms with Crippen molar-refractivity contribution in [1.82, 2.24) is 5.43 Å². The second-order valence-electron chi connectivity index (χ2n) is 10.9. The molecule has 3 saturated heterocycles. The predicted molar refractivity (Wildman–Crippen MR) is 129 cm³/mol. The van der Waals surface area contributed by atoms with Crippen LogP contribution in [0.5, 0.6) is 5.75 Å². The van der Waals surface area contributed by atoms with Crippen molar-refractivity contribution >= 4 is 12.1 Å². The van der Waals surface area contributed by atoms with Gasteiger partial charge in [0.25, 0.3) is 5.91 Å². The van der Waals surface area contributed by atoms with Crippen LogP contribution in [0.15, 0.2) is 41.5 Å². The van der Waals surface area contributed by atoms with Gasteiger partial charge >= 0.3 is 0 Å². The molecule has 1 spiro atoms. The van der Waals surface area contributed by atoms with E-state index in [1.54, 1.807) is 30.3 Å². The number of aromatic hydroxyl groups is 1. The normalized spacial score (nSPS) is 40.5. The van der Waals surface area contributed by atoms with Crippen LogP contribution in [0.3, 0.4) is 0 Å². The summed E-state index contributed by atoms with van der Waals surface area (Å²) in [6.07, 6.45) is 9.20. The van der Waals surface area contributed by atoms with Crippen LogP contribution >= 0.6 is 0 Å². The maximum atomic E-state index is 12.1. The van der Waals surface area contributed by atoms with Crippen molar-refractivity contribution < 1.29 is 29.1 Å². The molecule has 8 nitrogen and oxygen atoms in total. The standard InChI is InChI=1S/C27H36N2O6/c1-17-10-11-21-18(2)25(33-23-15-26(3)13-12-20(17)27(21,23)35-34-26)32-14-6-9-24(31)29-28-16-19-7-4-5-8-22(19)30/h4-9,16-18,20-21,23,25,30H,10-15H2,1-3H3,(H,29,31)/b9-6+,28-16+/t17-,18-,20?,21?,23-,25?,26?,27-/m1/s1. The summed E-state index contributed by atoms with van der Waals surface area (Å²) in [4.78, 5) is 24.4. The van der Waals surface area contributed by atoms with Gasteiger partial charge in [0, 0.05) is 29.9 Å². The van der Waals surface area contributed by atoms with Crippen molar-refractivity contribution in [2.75, 3.05) is 6.61 Å². The minimum absolute atomic E-state index is 0.0567. The van der Waals surface area contributed by atoms with Gasteiger partial charge in [-0.25, -0.2) is 15.2 Å². The Morgan fingerprint density at radius 3 is 2.89 bits per heavy atom. The van der Waals surface area contributed by atoms with Crippen LogP contribution in [0.4, 0.5) is 0 Å². The number of rotatable bonds is 6. The topological polar surface area (TPSA) is 98.6 Å². The highest BCUT2D eigenvalue weighted by Crippen LogP contribution is 2.61. The number of ether oxygens (including phenoxy) is 2. The lowest BCUT2D eigenvalue weighted by molar-refractivity contribution is -0.495. The fourth-order valence-electron chi connectivity index (χ4n) is 6.72. The summed E-state index contributed by atoms with van der Waals surface area (Å²) in [7, 11) is 0. The number of hydrogen-bond donors (Lipinski definition) is 2. The number of benzene rings is 1. The first kappa shape index (κ1) is 24.4. The molecule has 2 N–H and O–H groups in total. The third-order valence-electron chi connectivity index (χ3n) is 8.57. The number of carbonyl (C=O) groups is 1. The number of carbonyl (C=O) groups excluding carboxylic acids is 1. The number of hydrazone groups is 1. The Morgan fingerprint density at radius 2 is 2.06 bits per heavy atom. The van der Waals surface area contributed by atoms with E-state index < -0.39 is 5.60 Å². The number of hydrogen-bond acceptors (Lipinski definition) is 7. The molecule has 35 heavy (non-hydrogen) atoms. The van der Waals surface area contributed by atoms with Gasteiger partial charge in [-0.05, 0) is 56.6 Å². The Balaban J connectivity index is 1.19. The third kappa shape index (κ3) is 4.53. The summed E-state index contributed by atoms with van der Waals surface area (Å²) >= 11 is 0. The maximum Gasteiger partial charge on any atom is 0.263 e. The molecule has 190 valence electrons. The minimum Gasteiger partial charge on any atom is -0.507 e. The van der Waals surface area contributed by atoms with E-state index in [1.807, 2.05) is 0 Å². The van der Waals surface area contributed by atoms with Crippen LogP contribution in [-0.2, 0) is 24.0 Å². The SMILES string of the molecule is C[C@H]1C(OC/C=C/C(=O)N/N=C/c2ccccc2O)O[C@@H]2CC3(C)CCC4[C@H](C)CCC1[C@]42OO3. The van der Waals surface area contributed by atoms with Crippen molar-refractivity contribution in [3.05, 3.63) is 42.0 Å². The van der Waals surface area contributed by atoms with E-state index in [-0.39, 0.29) is 42.2 Å². The first-order valence-corrected chi connectivity index (χ1v) is 12.7. The molecule has 4 unspecified atom stereocenters. The Labute approximate surface area is 206 Å². The Kier molecular flexibility index (Phi) is 6.74. The number of amides is 1. The molecule has 5 aliphatic rings. The van der Waals surface area contributed by atoms with Crippen molar-refractivity contribution in [3.63, 3.8) is 0 Å². The molecule has 8 atom stereocenters. The van der Waals surface area contributed by atoms with Crippen molar-refractivity contribution in [1.29, 1.82) is 0 Å². The number of nitrogens with one attached hydrogen (secondary N) is 1. The minimum atomic E-state index is -0.395. The van der Waals surface area contributed by atoms with Gasteiger partial charge in [-0.2, -0.15) is 5.10 Å². The van der Waals surface area contributed by atoms with Gasteiger partial charge < -0.3 is 14.6 Å². The van der Waals surface area contributed by atoms with E-state index >= 15 is 0 Å². The quantitative estimate of drug-likeness (QED) is 0.273. The molecular formula is C27H36N2O6. The van der Waals surface area contributed by atoms with Gasteiger partial charge in [0.05, 0.1) is 18.9 Å². The van der Waals surface area contributed by atoms with Crippen LogP contribution in [0.2, 0.25) is 0 Å². The van der Waals surface area contributed by atoms with Crippen LogP contribution in [-0.4, -0.2) is 47.4 Å². The predicted octanol–water partition coefficient (Wildman–Crippen LogP) is 4.08. The van der Waals surface area contributed by atoms with Gasteiger partial charge in [-0.1, -0.05) is 32.1 Å². The van der Waals surface area contributed by atoms with E-state index in [0.717, 1.165) is 25.7 Å². The number of fused-ring (bicyclic) bond motifs is 2. The molecule has 1 amide bonds. The smallest absolute Gasteiger partial charge is 0.263 e. The number of phenolic OH excluding ortho intramolecular Hbond substituents is 1. The van der Waals surface area contributed by atoms with Gasteiger partial charge in [0.2, 0.25) is 0 Å². The van der Waals surface area contributed by atoms with E-state index in [1.165, 1.54) is 18.7 Å². The molecule has 0 aromatic heterocycles. The summed E-state index contributed by atoms with van der Waals surface area (Å²) in [5.74, 6) is 1.20. The average Bonchev–Trinajstić information content (AvgIpc) is 3.07. The average molecular weight is 485 g/mol. The molecule has 0 radical (unpaired) electrons. The lowest BCUT2D eigenvalue weighted by Gasteiger charge is -2.61. The second kappa shape index (κ2) is 9.65. The summed E-state index contributed by atoms with van der Waals surface area (Å²) in [5.41, 5.74) is 2.23. The fraction of sp³-hybridized carbons (Fsp3) is 0.630. The summed E-state index contributed by atoms with van der Waals surface area (Å²) < 4.78 is 12.7. The Hall–Kier alpha value is -2.26. The molecule has 1 aromatic rings. The molecular weight excluding hydrogens is 448 g/mol. The van der Waals surface area contributed by atoms with Gasteiger partial charge in [0.1, 0.15) is 17.0 Å². The highest BCUT2D eigenvalue weighted by molar-refractivity contribution is 5.89. The Bertz CT molecular complexity index is 998. The first-order valence-electron chi connectivity index (χ1n) is 12.7. The molecule has 2 aliphatic carbocycles. The second-order valence-corrected chi connectivity index (χ2v) is 10.9. The summed E-state index contributed by atoms with van der Waals surface area (Å²) in [6, 6.07) is 6.77. The van der Waals surface area contributed by atoms with Crippen molar-refractivity contribution in [2.24, 2.45) is 28.8 Å². The van der Waals surface area contributed by atoms with Crippen LogP contribution < -0.4 is 5.43 Å². The monoisotopic (exact) mass is 484 g/mol. The molecule has 6 rings (SSSR count). The zero-order valence-corrected chi connectivity index (χ0v) is 20.7. The zero-order chi connectivity index (χ0) is 24.6. The Morgan fingerprint density at radius 1 is 1.23 bits per heavy atom. The number of para-hydroxylation sites is 1. The molecule has 2 saturated carbocycles. The van der Waals surface area contributed by atoms with Crippen LogP contribution in [0.25, 0.3) is 0 Å². The number of nitrogens with zero attached hydrogens (tertiary/aromatic N) is 1. The first-order chi connectivity index (χ1) is 16.8. The molecule has 2 bridgehead atoms. The summed E-state index contributed by atoms with van der Waals surface area (Å²) in [5, 5.41) is 13.6. The third-order valence-corrected chi connectivity index (χ3v) is 8.57. The lowest BCUT2D eigenvalue weighted by atomic mass is 9.56. The van der Waals surface area contributed by atoms with Gasteiger partial charge in [-0.15, -0.1) is 0 Å². The fourth-order valence-corrected chi connectivity index (χ4v) is 6.72. The van der Waals surface area contributed by atoms with Crippen LogP contribution in [0.1, 0.15) is 58.4 Å². The van der Waals surface area contributed by atoms with E-state index in [9.17, 15) is 9.90 Å².